The van der Waals surface area contributed by atoms with E-state index in [0.29, 0.717) is 19.0 Å². The fourth-order valence-electron chi connectivity index (χ4n) is 3.50. The quantitative estimate of drug-likeness (QED) is 0.623. The van der Waals surface area contributed by atoms with Crippen LogP contribution in [0.15, 0.2) is 28.2 Å². The van der Waals surface area contributed by atoms with Crippen molar-refractivity contribution in [2.24, 2.45) is 11.0 Å². The Hall–Kier alpha value is -2.00. The monoisotopic (exact) mass is 380 g/mol. The lowest BCUT2D eigenvalue weighted by Crippen LogP contribution is -2.27. The second-order valence-corrected chi connectivity index (χ2v) is 8.98. The molecule has 0 unspecified atom stereocenters. The first-order valence-electron chi connectivity index (χ1n) is 8.98. The first kappa shape index (κ1) is 18.8. The molecule has 0 radical (unpaired) electrons. The van der Waals surface area contributed by atoms with Crippen molar-refractivity contribution in [2.45, 2.75) is 50.3 Å². The zero-order valence-corrected chi connectivity index (χ0v) is 15.7. The lowest BCUT2D eigenvalue weighted by atomic mass is 9.89. The van der Waals surface area contributed by atoms with E-state index in [9.17, 15) is 18.5 Å². The Morgan fingerprint density at radius 2 is 2.00 bits per heavy atom. The van der Waals surface area contributed by atoms with E-state index in [2.05, 4.69) is 17.5 Å². The molecule has 1 aromatic rings. The fraction of sp³-hybridized carbons (Fsp3) is 0.588. The second-order valence-electron chi connectivity index (χ2n) is 7.04. The molecule has 2 fully saturated rings. The van der Waals surface area contributed by atoms with Gasteiger partial charge in [-0.3, -0.25) is 15.5 Å². The highest BCUT2D eigenvalue weighted by molar-refractivity contribution is 7.89. The molecule has 3 rings (SSSR count). The second kappa shape index (κ2) is 7.71. The summed E-state index contributed by atoms with van der Waals surface area (Å²) in [4.78, 5) is 10.8. The molecular formula is C17H24N4O4S. The molecule has 1 aliphatic heterocycles. The molecule has 8 nitrogen and oxygen atoms in total. The van der Waals surface area contributed by atoms with Gasteiger partial charge in [-0.05, 0) is 56.6 Å². The van der Waals surface area contributed by atoms with Gasteiger partial charge in [0.25, 0.3) is 5.69 Å². The molecule has 2 aliphatic rings. The van der Waals surface area contributed by atoms with E-state index in [1.54, 1.807) is 0 Å². The van der Waals surface area contributed by atoms with Crippen LogP contribution in [0.25, 0.3) is 0 Å². The van der Waals surface area contributed by atoms with Crippen LogP contribution in [-0.2, 0) is 10.0 Å². The molecule has 142 valence electrons. The maximum Gasteiger partial charge on any atom is 0.295 e. The summed E-state index contributed by atoms with van der Waals surface area (Å²) in [5.74, 6) is 0.562. The van der Waals surface area contributed by atoms with Crippen LogP contribution in [0.4, 0.5) is 11.4 Å². The number of hydrogen-bond donors (Lipinski definition) is 1. The molecule has 1 heterocycles. The van der Waals surface area contributed by atoms with Gasteiger partial charge in [-0.2, -0.15) is 9.41 Å². The zero-order valence-electron chi connectivity index (χ0n) is 14.8. The Balaban J connectivity index is 1.85. The van der Waals surface area contributed by atoms with Crippen LogP contribution in [0.3, 0.4) is 0 Å². The van der Waals surface area contributed by atoms with Gasteiger partial charge < -0.3 is 0 Å². The largest absolute Gasteiger partial charge is 0.295 e. The minimum atomic E-state index is -3.69. The maximum absolute atomic E-state index is 12.6. The van der Waals surface area contributed by atoms with Crippen LogP contribution < -0.4 is 5.43 Å². The van der Waals surface area contributed by atoms with Crippen LogP contribution in [0.1, 0.15) is 45.4 Å². The molecule has 0 bridgehead atoms. The number of nitrogens with zero attached hydrogens (tertiary/aromatic N) is 3. The molecule has 1 N–H and O–H groups in total. The number of anilines is 1. The van der Waals surface area contributed by atoms with E-state index in [0.717, 1.165) is 43.9 Å². The van der Waals surface area contributed by atoms with Crippen molar-refractivity contribution in [1.82, 2.24) is 4.31 Å². The zero-order chi connectivity index (χ0) is 18.7. The van der Waals surface area contributed by atoms with Crippen LogP contribution in [0, 0.1) is 16.0 Å². The van der Waals surface area contributed by atoms with Crippen molar-refractivity contribution in [3.05, 3.63) is 28.3 Å². The van der Waals surface area contributed by atoms with E-state index in [4.69, 9.17) is 0 Å². The van der Waals surface area contributed by atoms with Crippen LogP contribution in [0.2, 0.25) is 0 Å². The molecule has 0 aromatic heterocycles. The van der Waals surface area contributed by atoms with Gasteiger partial charge in [0.15, 0.2) is 0 Å². The Bertz CT molecular complexity index is 816. The molecule has 1 atom stereocenters. The van der Waals surface area contributed by atoms with E-state index in [1.807, 2.05) is 0 Å². The summed E-state index contributed by atoms with van der Waals surface area (Å²) in [5, 5.41) is 15.8. The predicted octanol–water partition coefficient (Wildman–Crippen LogP) is 3.36. The first-order chi connectivity index (χ1) is 12.4. The van der Waals surface area contributed by atoms with Crippen molar-refractivity contribution in [3.8, 4) is 0 Å². The standard InChI is InChI=1S/C17H24N4O4S/c1-13-5-4-6-14(11-13)18-19-16-8-7-15(12-17(16)21(22)23)26(24,25)20-9-2-3-10-20/h7-8,12-13,19H,2-6,9-11H2,1H3/b18-14+/t13-/m1/s1. The highest BCUT2D eigenvalue weighted by atomic mass is 32.2. The molecule has 1 saturated heterocycles. The Labute approximate surface area is 153 Å². The molecule has 1 aliphatic carbocycles. The Kier molecular flexibility index (Phi) is 5.57. The lowest BCUT2D eigenvalue weighted by molar-refractivity contribution is -0.384. The molecule has 1 aromatic carbocycles. The van der Waals surface area contributed by atoms with Crippen LogP contribution >= 0.6 is 0 Å². The molecule has 0 amide bonds. The smallest absolute Gasteiger partial charge is 0.272 e. The van der Waals surface area contributed by atoms with Gasteiger partial charge in [-0.1, -0.05) is 6.92 Å². The molecule has 0 spiro atoms. The van der Waals surface area contributed by atoms with Gasteiger partial charge in [-0.25, -0.2) is 8.42 Å². The third-order valence-corrected chi connectivity index (χ3v) is 6.84. The number of hydrogen-bond acceptors (Lipinski definition) is 6. The average Bonchev–Trinajstić information content (AvgIpc) is 3.15. The normalized spacial score (nSPS) is 23.3. The van der Waals surface area contributed by atoms with Gasteiger partial charge in [0.05, 0.1) is 9.82 Å². The number of nitrogens with one attached hydrogen (secondary N) is 1. The molecular weight excluding hydrogens is 356 g/mol. The van der Waals surface area contributed by atoms with Crippen molar-refractivity contribution < 1.29 is 13.3 Å². The van der Waals surface area contributed by atoms with Gasteiger partial charge in [-0.15, -0.1) is 0 Å². The summed E-state index contributed by atoms with van der Waals surface area (Å²) in [5.41, 5.74) is 3.69. The van der Waals surface area contributed by atoms with Gasteiger partial charge in [0.2, 0.25) is 10.0 Å². The van der Waals surface area contributed by atoms with Crippen molar-refractivity contribution in [2.75, 3.05) is 18.5 Å². The van der Waals surface area contributed by atoms with Crippen molar-refractivity contribution in [1.29, 1.82) is 0 Å². The number of nitro benzene ring substituents is 1. The third-order valence-electron chi connectivity index (χ3n) is 4.95. The highest BCUT2D eigenvalue weighted by Gasteiger charge is 2.29. The minimum Gasteiger partial charge on any atom is -0.272 e. The predicted molar refractivity (Wildman–Crippen MR) is 99.8 cm³/mol. The number of sulfonamides is 1. The number of hydrazone groups is 1. The summed E-state index contributed by atoms with van der Waals surface area (Å²) in [7, 11) is -3.69. The Morgan fingerprint density at radius 3 is 2.65 bits per heavy atom. The van der Waals surface area contributed by atoms with E-state index in [-0.39, 0.29) is 16.3 Å². The van der Waals surface area contributed by atoms with Crippen LogP contribution in [-0.4, -0.2) is 36.4 Å². The number of nitro groups is 1. The van der Waals surface area contributed by atoms with Crippen LogP contribution in [0.5, 0.6) is 0 Å². The summed E-state index contributed by atoms with van der Waals surface area (Å²) >= 11 is 0. The molecule has 26 heavy (non-hydrogen) atoms. The SMILES string of the molecule is C[C@@H]1CCC/C(=N\Nc2ccc(S(=O)(=O)N3CCCC3)cc2[N+](=O)[O-])C1. The number of rotatable bonds is 5. The van der Waals surface area contributed by atoms with Gasteiger partial charge >= 0.3 is 0 Å². The first-order valence-corrected chi connectivity index (χ1v) is 10.4. The maximum atomic E-state index is 12.6. The van der Waals surface area contributed by atoms with E-state index in [1.165, 1.54) is 22.9 Å². The topological polar surface area (TPSA) is 105 Å². The van der Waals surface area contributed by atoms with Gasteiger partial charge in [0, 0.05) is 24.9 Å². The summed E-state index contributed by atoms with van der Waals surface area (Å²) in [6.45, 7) is 3.08. The number of benzene rings is 1. The fourth-order valence-corrected chi connectivity index (χ4v) is 5.03. The Morgan fingerprint density at radius 1 is 1.27 bits per heavy atom. The van der Waals surface area contributed by atoms with Crippen molar-refractivity contribution >= 4 is 27.1 Å². The van der Waals surface area contributed by atoms with E-state index < -0.39 is 14.9 Å². The lowest BCUT2D eigenvalue weighted by Gasteiger charge is -2.19. The van der Waals surface area contributed by atoms with Crippen molar-refractivity contribution in [3.63, 3.8) is 0 Å². The molecule has 9 heteroatoms. The van der Waals surface area contributed by atoms with Gasteiger partial charge in [0.1, 0.15) is 5.69 Å². The van der Waals surface area contributed by atoms with E-state index >= 15 is 0 Å². The summed E-state index contributed by atoms with van der Waals surface area (Å²) in [6, 6.07) is 3.96. The average molecular weight is 380 g/mol. The summed E-state index contributed by atoms with van der Waals surface area (Å²) in [6.07, 6.45) is 5.63. The minimum absolute atomic E-state index is 0.0457. The molecule has 1 saturated carbocycles. The third kappa shape index (κ3) is 4.04. The highest BCUT2D eigenvalue weighted by Crippen LogP contribution is 2.30. The summed E-state index contributed by atoms with van der Waals surface area (Å²) < 4.78 is 26.6.